The summed E-state index contributed by atoms with van der Waals surface area (Å²) in [4.78, 5) is 12.4. The summed E-state index contributed by atoms with van der Waals surface area (Å²) in [6.07, 6.45) is 2.96. The van der Waals surface area contributed by atoms with Gasteiger partial charge in [-0.2, -0.15) is 0 Å². The number of benzene rings is 1. The molecule has 122 valence electrons. The molecule has 0 radical (unpaired) electrons. The first-order valence-corrected chi connectivity index (χ1v) is 8.63. The number of rotatable bonds is 6. The van der Waals surface area contributed by atoms with E-state index >= 15 is 0 Å². The molecule has 0 atom stereocenters. The van der Waals surface area contributed by atoms with E-state index in [0.717, 1.165) is 23.4 Å². The number of nitrogens with one attached hydrogen (secondary N) is 1. The van der Waals surface area contributed by atoms with Crippen LogP contribution in [0.2, 0.25) is 0 Å². The van der Waals surface area contributed by atoms with E-state index in [-0.39, 0.29) is 23.2 Å². The highest BCUT2D eigenvalue weighted by molar-refractivity contribution is 7.92. The highest BCUT2D eigenvalue weighted by Gasteiger charge is 2.28. The van der Waals surface area contributed by atoms with E-state index in [1.54, 1.807) is 0 Å². The number of ether oxygens (including phenoxy) is 2. The molecule has 0 aromatic heterocycles. The lowest BCUT2D eigenvalue weighted by Gasteiger charge is -2.22. The predicted molar refractivity (Wildman–Crippen MR) is 83.3 cm³/mol. The third kappa shape index (κ3) is 3.44. The van der Waals surface area contributed by atoms with E-state index in [1.807, 2.05) is 0 Å². The molecule has 22 heavy (non-hydrogen) atoms. The molecule has 1 aromatic rings. The van der Waals surface area contributed by atoms with Gasteiger partial charge in [0.15, 0.2) is 11.5 Å². The standard InChI is InChI=1S/C14H20N2O5S/c1-16(22(4,18)19)11-8-13(21-3)12(20-2)7-10(11)14(17)15-9-5-6-9/h7-9H,5-6H2,1-4H3,(H,15,17). The summed E-state index contributed by atoms with van der Waals surface area (Å²) in [6.45, 7) is 0. The van der Waals surface area contributed by atoms with Crippen molar-refractivity contribution in [2.24, 2.45) is 0 Å². The minimum atomic E-state index is -3.51. The monoisotopic (exact) mass is 328 g/mol. The maximum absolute atomic E-state index is 12.4. The second kappa shape index (κ2) is 6.04. The quantitative estimate of drug-likeness (QED) is 0.842. The van der Waals surface area contributed by atoms with Crippen molar-refractivity contribution in [3.05, 3.63) is 17.7 Å². The highest BCUT2D eigenvalue weighted by atomic mass is 32.2. The van der Waals surface area contributed by atoms with Crippen LogP contribution in [0.15, 0.2) is 12.1 Å². The number of hydrogen-bond donors (Lipinski definition) is 1. The Kier molecular flexibility index (Phi) is 4.50. The van der Waals surface area contributed by atoms with Crippen LogP contribution >= 0.6 is 0 Å². The van der Waals surface area contributed by atoms with Gasteiger partial charge in [0.1, 0.15) is 0 Å². The Morgan fingerprint density at radius 2 is 1.77 bits per heavy atom. The molecule has 0 saturated heterocycles. The number of hydrogen-bond acceptors (Lipinski definition) is 5. The number of carbonyl (C=O) groups excluding carboxylic acids is 1. The van der Waals surface area contributed by atoms with Crippen LogP contribution in [0.5, 0.6) is 11.5 Å². The second-order valence-corrected chi connectivity index (χ2v) is 7.22. The van der Waals surface area contributed by atoms with Crippen molar-refractivity contribution in [1.29, 1.82) is 0 Å². The van der Waals surface area contributed by atoms with E-state index in [9.17, 15) is 13.2 Å². The molecule has 1 amide bonds. The van der Waals surface area contributed by atoms with Gasteiger partial charge in [-0.3, -0.25) is 9.10 Å². The molecule has 2 rings (SSSR count). The predicted octanol–water partition coefficient (Wildman–Crippen LogP) is 0.992. The third-order valence-corrected chi connectivity index (χ3v) is 4.69. The first-order chi connectivity index (χ1) is 10.3. The van der Waals surface area contributed by atoms with E-state index in [1.165, 1.54) is 33.4 Å². The van der Waals surface area contributed by atoms with Crippen molar-refractivity contribution >= 4 is 21.6 Å². The maximum Gasteiger partial charge on any atom is 0.253 e. The average Bonchev–Trinajstić information content (AvgIpc) is 3.27. The van der Waals surface area contributed by atoms with E-state index in [4.69, 9.17) is 9.47 Å². The molecule has 0 spiro atoms. The van der Waals surface area contributed by atoms with Crippen LogP contribution in [0.4, 0.5) is 5.69 Å². The van der Waals surface area contributed by atoms with Gasteiger partial charge in [-0.25, -0.2) is 8.42 Å². The summed E-state index contributed by atoms with van der Waals surface area (Å²) in [5, 5.41) is 2.85. The first-order valence-electron chi connectivity index (χ1n) is 6.78. The summed E-state index contributed by atoms with van der Waals surface area (Å²) < 4.78 is 35.1. The normalized spacial score (nSPS) is 14.4. The van der Waals surface area contributed by atoms with Crippen molar-refractivity contribution in [3.8, 4) is 11.5 Å². The Labute approximate surface area is 130 Å². The van der Waals surface area contributed by atoms with Crippen LogP contribution in [-0.4, -0.2) is 47.9 Å². The summed E-state index contributed by atoms with van der Waals surface area (Å²) in [5.74, 6) is 0.402. The molecule has 8 heteroatoms. The number of methoxy groups -OCH3 is 2. The van der Waals surface area contributed by atoms with Crippen LogP contribution in [0, 0.1) is 0 Å². The van der Waals surface area contributed by atoms with Crippen molar-refractivity contribution < 1.29 is 22.7 Å². The summed E-state index contributed by atoms with van der Waals surface area (Å²) >= 11 is 0. The van der Waals surface area contributed by atoms with Crippen molar-refractivity contribution in [1.82, 2.24) is 5.32 Å². The van der Waals surface area contributed by atoms with Gasteiger partial charge in [0.2, 0.25) is 10.0 Å². The largest absolute Gasteiger partial charge is 0.493 e. The second-order valence-electron chi connectivity index (χ2n) is 5.20. The SMILES string of the molecule is COc1cc(C(=O)NC2CC2)c(N(C)S(C)(=O)=O)cc1OC. The van der Waals surface area contributed by atoms with Crippen LogP contribution in [0.25, 0.3) is 0 Å². The van der Waals surface area contributed by atoms with Gasteiger partial charge in [-0.05, 0) is 18.9 Å². The molecule has 1 N–H and O–H groups in total. The van der Waals surface area contributed by atoms with Gasteiger partial charge >= 0.3 is 0 Å². The topological polar surface area (TPSA) is 84.9 Å². The zero-order valence-corrected chi connectivity index (χ0v) is 13.9. The van der Waals surface area contributed by atoms with E-state index in [2.05, 4.69) is 5.32 Å². The van der Waals surface area contributed by atoms with Crippen LogP contribution in [-0.2, 0) is 10.0 Å². The summed E-state index contributed by atoms with van der Waals surface area (Å²) in [6, 6.07) is 3.15. The molecule has 1 aromatic carbocycles. The van der Waals surface area contributed by atoms with Crippen molar-refractivity contribution in [3.63, 3.8) is 0 Å². The van der Waals surface area contributed by atoms with Crippen molar-refractivity contribution in [2.75, 3.05) is 31.8 Å². The van der Waals surface area contributed by atoms with Gasteiger partial charge in [0, 0.05) is 19.2 Å². The smallest absolute Gasteiger partial charge is 0.253 e. The van der Waals surface area contributed by atoms with Gasteiger partial charge in [-0.15, -0.1) is 0 Å². The van der Waals surface area contributed by atoms with Crippen LogP contribution in [0.3, 0.4) is 0 Å². The Bertz CT molecular complexity index is 683. The number of anilines is 1. The van der Waals surface area contributed by atoms with Gasteiger partial charge < -0.3 is 14.8 Å². The minimum absolute atomic E-state index is 0.164. The third-order valence-electron chi connectivity index (χ3n) is 3.50. The fraction of sp³-hybridized carbons (Fsp3) is 0.500. The summed E-state index contributed by atoms with van der Waals surface area (Å²) in [5.41, 5.74) is 0.482. The van der Waals surface area contributed by atoms with Crippen molar-refractivity contribution in [2.45, 2.75) is 18.9 Å². The van der Waals surface area contributed by atoms with E-state index in [0.29, 0.717) is 11.5 Å². The Morgan fingerprint density at radius 3 is 2.23 bits per heavy atom. The zero-order valence-electron chi connectivity index (χ0n) is 13.0. The number of carbonyl (C=O) groups is 1. The van der Waals surface area contributed by atoms with Gasteiger partial charge in [0.05, 0.1) is 31.7 Å². The molecular weight excluding hydrogens is 308 g/mol. The average molecular weight is 328 g/mol. The molecule has 0 heterocycles. The van der Waals surface area contributed by atoms with E-state index < -0.39 is 10.0 Å². The molecule has 0 aliphatic heterocycles. The number of sulfonamides is 1. The lowest BCUT2D eigenvalue weighted by molar-refractivity contribution is 0.0951. The molecule has 0 bridgehead atoms. The first kappa shape index (κ1) is 16.4. The lowest BCUT2D eigenvalue weighted by Crippen LogP contribution is -2.31. The fourth-order valence-corrected chi connectivity index (χ4v) is 2.49. The molecular formula is C14H20N2O5S. The molecule has 1 fully saturated rings. The molecule has 7 nitrogen and oxygen atoms in total. The lowest BCUT2D eigenvalue weighted by atomic mass is 10.1. The minimum Gasteiger partial charge on any atom is -0.493 e. The Hall–Kier alpha value is -1.96. The molecule has 1 aliphatic carbocycles. The Balaban J connectivity index is 2.53. The van der Waals surface area contributed by atoms with Crippen LogP contribution in [0.1, 0.15) is 23.2 Å². The Morgan fingerprint density at radius 1 is 1.23 bits per heavy atom. The molecule has 1 saturated carbocycles. The van der Waals surface area contributed by atoms with Gasteiger partial charge in [-0.1, -0.05) is 0 Å². The fourth-order valence-electron chi connectivity index (χ4n) is 1.98. The number of amides is 1. The zero-order chi connectivity index (χ0) is 16.5. The van der Waals surface area contributed by atoms with Crippen LogP contribution < -0.4 is 19.1 Å². The maximum atomic E-state index is 12.4. The molecule has 0 unspecified atom stereocenters. The summed E-state index contributed by atoms with van der Waals surface area (Å²) in [7, 11) is 0.790. The molecule has 1 aliphatic rings. The van der Waals surface area contributed by atoms with Gasteiger partial charge in [0.25, 0.3) is 5.91 Å². The highest BCUT2D eigenvalue weighted by Crippen LogP contribution is 2.36. The number of nitrogens with zero attached hydrogens (tertiary/aromatic N) is 1.